The van der Waals surface area contributed by atoms with Crippen molar-refractivity contribution < 1.29 is 28.6 Å². The largest absolute Gasteiger partial charge is 0.462 e. The van der Waals surface area contributed by atoms with Crippen molar-refractivity contribution in [2.24, 2.45) is 0 Å². The second-order valence-corrected chi connectivity index (χ2v) is 19.2. The summed E-state index contributed by atoms with van der Waals surface area (Å²) in [6.45, 7) is 6.47. The zero-order valence-electron chi connectivity index (χ0n) is 45.3. The van der Waals surface area contributed by atoms with Crippen molar-refractivity contribution in [2.45, 2.75) is 284 Å². The molecule has 396 valence electrons. The molecule has 6 heteroatoms. The maximum atomic E-state index is 12.9. The van der Waals surface area contributed by atoms with E-state index in [9.17, 15) is 14.4 Å². The number of hydrogen-bond donors (Lipinski definition) is 0. The van der Waals surface area contributed by atoms with Gasteiger partial charge in [0, 0.05) is 19.3 Å². The minimum absolute atomic E-state index is 0.102. The minimum atomic E-state index is -0.809. The lowest BCUT2D eigenvalue weighted by atomic mass is 10.0. The van der Waals surface area contributed by atoms with Gasteiger partial charge >= 0.3 is 17.9 Å². The average molecular weight is 962 g/mol. The smallest absolute Gasteiger partial charge is 0.306 e. The van der Waals surface area contributed by atoms with Gasteiger partial charge in [-0.05, 0) is 83.5 Å². The van der Waals surface area contributed by atoms with Crippen LogP contribution in [0.4, 0.5) is 0 Å². The van der Waals surface area contributed by atoms with Crippen molar-refractivity contribution in [2.75, 3.05) is 13.2 Å². The molecule has 0 aliphatic carbocycles. The Labute approximate surface area is 426 Å². The van der Waals surface area contributed by atoms with Crippen LogP contribution in [0, 0.1) is 0 Å². The van der Waals surface area contributed by atoms with Gasteiger partial charge in [-0.3, -0.25) is 14.4 Å². The van der Waals surface area contributed by atoms with Gasteiger partial charge in [-0.25, -0.2) is 0 Å². The fourth-order valence-electron chi connectivity index (χ4n) is 8.05. The molecule has 1 atom stereocenters. The van der Waals surface area contributed by atoms with E-state index in [1.165, 1.54) is 148 Å². The Morgan fingerprint density at radius 2 is 0.594 bits per heavy atom. The summed E-state index contributed by atoms with van der Waals surface area (Å²) in [4.78, 5) is 38.1. The first-order valence-electron chi connectivity index (χ1n) is 29.1. The molecule has 0 rings (SSSR count). The summed E-state index contributed by atoms with van der Waals surface area (Å²) in [5, 5.41) is 0. The lowest BCUT2D eigenvalue weighted by Crippen LogP contribution is -2.30. The van der Waals surface area contributed by atoms with E-state index < -0.39 is 6.10 Å². The second-order valence-electron chi connectivity index (χ2n) is 19.2. The van der Waals surface area contributed by atoms with Gasteiger partial charge in [-0.2, -0.15) is 0 Å². The number of carbonyl (C=O) groups excluding carboxylic acids is 3. The van der Waals surface area contributed by atoms with Gasteiger partial charge < -0.3 is 14.2 Å². The average Bonchev–Trinajstić information content (AvgIpc) is 3.35. The fraction of sp³-hybridized carbons (Fsp3) is 0.730. The molecule has 0 aliphatic heterocycles. The van der Waals surface area contributed by atoms with Crippen molar-refractivity contribution in [1.29, 1.82) is 0 Å². The lowest BCUT2D eigenvalue weighted by molar-refractivity contribution is -0.166. The molecule has 0 radical (unpaired) electrons. The van der Waals surface area contributed by atoms with Crippen molar-refractivity contribution in [3.05, 3.63) is 85.1 Å². The molecule has 0 bridgehead atoms. The monoisotopic (exact) mass is 961 g/mol. The zero-order valence-corrected chi connectivity index (χ0v) is 45.3. The third-order valence-electron chi connectivity index (χ3n) is 12.4. The third-order valence-corrected chi connectivity index (χ3v) is 12.4. The first-order valence-corrected chi connectivity index (χ1v) is 29.1. The number of carbonyl (C=O) groups is 3. The Bertz CT molecular complexity index is 1330. The standard InChI is InChI=1S/C63H108O6/c1-4-7-10-13-16-19-22-25-28-30-32-34-35-38-41-44-47-50-53-56-62(65)68-59-60(58-67-61(64)55-52-49-46-43-40-37-27-24-21-18-15-12-9-6-3)69-63(66)57-54-51-48-45-42-39-36-33-31-29-26-23-20-17-14-11-8-5-2/h7,10,16,19,24-25,27-28,32,34,38,41,47,50,60H,4-6,8-9,11-15,17-18,20-23,26,29-31,33,35-37,39-40,42-46,48-49,51-59H2,1-3H3/b10-7+,19-16+,27-24+,28-25+,34-32+,41-38+,50-47+/t60-/m1/s1. The van der Waals surface area contributed by atoms with Crippen molar-refractivity contribution >= 4 is 17.9 Å². The molecule has 0 unspecified atom stereocenters. The minimum Gasteiger partial charge on any atom is -0.462 e. The predicted molar refractivity (Wildman–Crippen MR) is 297 cm³/mol. The molecule has 0 saturated carbocycles. The summed E-state index contributed by atoms with van der Waals surface area (Å²) in [6, 6.07) is 0. The maximum Gasteiger partial charge on any atom is 0.306 e. The van der Waals surface area contributed by atoms with E-state index >= 15 is 0 Å². The molecule has 69 heavy (non-hydrogen) atoms. The Kier molecular flexibility index (Phi) is 54.3. The van der Waals surface area contributed by atoms with Crippen molar-refractivity contribution in [3.8, 4) is 0 Å². The highest BCUT2D eigenvalue weighted by atomic mass is 16.6. The Balaban J connectivity index is 4.48. The van der Waals surface area contributed by atoms with Crippen LogP contribution in [-0.2, 0) is 28.6 Å². The van der Waals surface area contributed by atoms with Crippen LogP contribution in [0.3, 0.4) is 0 Å². The first kappa shape index (κ1) is 65.6. The number of allylic oxidation sites excluding steroid dienone is 14. The van der Waals surface area contributed by atoms with Crippen LogP contribution in [0.2, 0.25) is 0 Å². The van der Waals surface area contributed by atoms with Crippen LogP contribution in [0.5, 0.6) is 0 Å². The Hall–Kier alpha value is -3.41. The number of rotatable bonds is 52. The molecule has 0 aromatic carbocycles. The number of esters is 3. The van der Waals surface area contributed by atoms with Gasteiger partial charge in [0.05, 0.1) is 0 Å². The molecule has 0 aliphatic rings. The van der Waals surface area contributed by atoms with E-state index in [0.717, 1.165) is 83.5 Å². The van der Waals surface area contributed by atoms with E-state index in [-0.39, 0.29) is 37.5 Å². The highest BCUT2D eigenvalue weighted by molar-refractivity contribution is 5.71. The molecule has 0 amide bonds. The van der Waals surface area contributed by atoms with Gasteiger partial charge in [0.25, 0.3) is 0 Å². The number of unbranched alkanes of at least 4 members (excludes halogenated alkanes) is 27. The van der Waals surface area contributed by atoms with Gasteiger partial charge in [-0.1, -0.05) is 260 Å². The summed E-state index contributed by atoms with van der Waals surface area (Å²) < 4.78 is 16.8. The molecule has 6 nitrogen and oxygen atoms in total. The molecule has 0 aromatic heterocycles. The molecule has 0 aromatic rings. The first-order chi connectivity index (χ1) is 34.0. The van der Waals surface area contributed by atoms with Crippen molar-refractivity contribution in [3.63, 3.8) is 0 Å². The summed E-state index contributed by atoms with van der Waals surface area (Å²) >= 11 is 0. The number of ether oxygens (including phenoxy) is 3. The second kappa shape index (κ2) is 57.2. The number of hydrogen-bond acceptors (Lipinski definition) is 6. The van der Waals surface area contributed by atoms with Crippen LogP contribution in [0.25, 0.3) is 0 Å². The quantitative estimate of drug-likeness (QED) is 0.0262. The fourth-order valence-corrected chi connectivity index (χ4v) is 8.05. The van der Waals surface area contributed by atoms with Crippen LogP contribution < -0.4 is 0 Å². The van der Waals surface area contributed by atoms with E-state index in [4.69, 9.17) is 14.2 Å². The molecule has 0 saturated heterocycles. The topological polar surface area (TPSA) is 78.9 Å². The Morgan fingerprint density at radius 1 is 0.304 bits per heavy atom. The SMILES string of the molecule is CC/C=C/C/C=C/C/C=C/C/C=C/C/C=C/C/C=C/CCC(=O)OC[C@@H](COC(=O)CCCCCCC/C=C/CCCCCCC)OC(=O)CCCCCCCCCCCCCCCCCCCC. The molecular formula is C63H108O6. The Morgan fingerprint density at radius 3 is 0.971 bits per heavy atom. The summed E-state index contributed by atoms with van der Waals surface area (Å²) in [5.74, 6) is -0.989. The van der Waals surface area contributed by atoms with Gasteiger partial charge in [-0.15, -0.1) is 0 Å². The van der Waals surface area contributed by atoms with E-state index in [1.807, 2.05) is 6.08 Å². The molecular weight excluding hydrogens is 853 g/mol. The van der Waals surface area contributed by atoms with Gasteiger partial charge in [0.1, 0.15) is 13.2 Å². The van der Waals surface area contributed by atoms with Crippen LogP contribution in [0.1, 0.15) is 278 Å². The summed E-state index contributed by atoms with van der Waals surface area (Å²) in [5.41, 5.74) is 0. The highest BCUT2D eigenvalue weighted by Gasteiger charge is 2.19. The summed E-state index contributed by atoms with van der Waals surface area (Å²) in [7, 11) is 0. The van der Waals surface area contributed by atoms with Gasteiger partial charge in [0.2, 0.25) is 0 Å². The van der Waals surface area contributed by atoms with Crippen LogP contribution >= 0.6 is 0 Å². The normalized spacial score (nSPS) is 12.7. The van der Waals surface area contributed by atoms with Gasteiger partial charge in [0.15, 0.2) is 6.10 Å². The molecule has 0 fully saturated rings. The third kappa shape index (κ3) is 55.4. The predicted octanol–water partition coefficient (Wildman–Crippen LogP) is 19.5. The van der Waals surface area contributed by atoms with E-state index in [2.05, 4.69) is 99.8 Å². The van der Waals surface area contributed by atoms with Crippen molar-refractivity contribution in [1.82, 2.24) is 0 Å². The highest BCUT2D eigenvalue weighted by Crippen LogP contribution is 2.16. The van der Waals surface area contributed by atoms with E-state index in [0.29, 0.717) is 19.3 Å². The zero-order chi connectivity index (χ0) is 50.0. The molecule has 0 spiro atoms. The van der Waals surface area contributed by atoms with Crippen LogP contribution in [0.15, 0.2) is 85.1 Å². The molecule has 0 heterocycles. The maximum absolute atomic E-state index is 12.9. The van der Waals surface area contributed by atoms with Crippen LogP contribution in [-0.4, -0.2) is 37.2 Å². The van der Waals surface area contributed by atoms with E-state index in [1.54, 1.807) is 0 Å². The lowest BCUT2D eigenvalue weighted by Gasteiger charge is -2.18. The summed E-state index contributed by atoms with van der Waals surface area (Å²) in [6.07, 6.45) is 74.4. The molecule has 0 N–H and O–H groups in total.